The number of nitrogens with zero attached hydrogens (tertiary/aromatic N) is 2. The van der Waals surface area contributed by atoms with E-state index in [0.29, 0.717) is 12.1 Å². The monoisotopic (exact) mass is 578 g/mol. The molecule has 0 radical (unpaired) electrons. The average molecular weight is 579 g/mol. The average Bonchev–Trinajstić information content (AvgIpc) is 3.47. The smallest absolute Gasteiger partial charge is 0.341 e. The van der Waals surface area contributed by atoms with Crippen LogP contribution in [0.3, 0.4) is 0 Å². The summed E-state index contributed by atoms with van der Waals surface area (Å²) in [6.07, 6.45) is -5.41. The summed E-state index contributed by atoms with van der Waals surface area (Å²) in [5.41, 5.74) is -2.12. The van der Waals surface area contributed by atoms with Crippen molar-refractivity contribution in [2.45, 2.75) is 18.4 Å². The second kappa shape index (κ2) is 10.0. The van der Waals surface area contributed by atoms with E-state index in [-0.39, 0.29) is 44.7 Å². The minimum Gasteiger partial charge on any atom is -0.341 e. The fourth-order valence-corrected chi connectivity index (χ4v) is 4.78. The summed E-state index contributed by atoms with van der Waals surface area (Å²) in [6.45, 7) is 0. The minimum atomic E-state index is -4.93. The number of anilines is 1. The number of alkyl halides is 4. The van der Waals surface area contributed by atoms with E-state index in [1.807, 2.05) is 0 Å². The van der Waals surface area contributed by atoms with Crippen molar-refractivity contribution in [1.82, 2.24) is 15.1 Å². The highest BCUT2D eigenvalue weighted by Crippen LogP contribution is 2.42. The van der Waals surface area contributed by atoms with Crippen LogP contribution in [0.5, 0.6) is 0 Å². The van der Waals surface area contributed by atoms with Gasteiger partial charge in [-0.1, -0.05) is 11.6 Å². The molecule has 1 aromatic heterocycles. The fourth-order valence-electron chi connectivity index (χ4n) is 4.56. The third-order valence-corrected chi connectivity index (χ3v) is 6.77. The summed E-state index contributed by atoms with van der Waals surface area (Å²) in [7, 11) is 1.49. The molecule has 0 bridgehead atoms. The number of carbonyl (C=O) groups excluding carboxylic acids is 2. The van der Waals surface area contributed by atoms with Gasteiger partial charge >= 0.3 is 6.18 Å². The predicted molar refractivity (Wildman–Crippen MR) is 133 cm³/mol. The van der Waals surface area contributed by atoms with Gasteiger partial charge in [0, 0.05) is 46.2 Å². The Bertz CT molecular complexity index is 1670. The molecule has 206 valence electrons. The van der Waals surface area contributed by atoms with Crippen LogP contribution in [0.1, 0.15) is 60.9 Å². The molecule has 0 saturated carbocycles. The van der Waals surface area contributed by atoms with Gasteiger partial charge in [0.15, 0.2) is 6.17 Å². The number of hydrogen-bond donors (Lipinski definition) is 2. The van der Waals surface area contributed by atoms with Gasteiger partial charge in [0.2, 0.25) is 0 Å². The van der Waals surface area contributed by atoms with E-state index in [1.165, 1.54) is 42.2 Å². The van der Waals surface area contributed by atoms with Crippen molar-refractivity contribution in [2.75, 3.05) is 5.32 Å². The van der Waals surface area contributed by atoms with Crippen molar-refractivity contribution in [3.8, 4) is 0 Å². The van der Waals surface area contributed by atoms with Crippen LogP contribution in [-0.2, 0) is 13.2 Å². The Labute approximate surface area is 227 Å². The van der Waals surface area contributed by atoms with E-state index in [1.54, 1.807) is 0 Å². The zero-order chi connectivity index (χ0) is 28.9. The van der Waals surface area contributed by atoms with Gasteiger partial charge < -0.3 is 10.6 Å². The zero-order valence-corrected chi connectivity index (χ0v) is 21.0. The summed E-state index contributed by atoms with van der Waals surface area (Å²) in [6, 6.07) is 7.45. The van der Waals surface area contributed by atoms with E-state index in [0.717, 1.165) is 12.1 Å². The second-order valence-corrected chi connectivity index (χ2v) is 9.43. The molecule has 3 aromatic carbocycles. The number of aryl methyl sites for hydroxylation is 1. The lowest BCUT2D eigenvalue weighted by atomic mass is 9.93. The number of aromatic nitrogens is 2. The van der Waals surface area contributed by atoms with Crippen LogP contribution < -0.4 is 10.6 Å². The quantitative estimate of drug-likeness (QED) is 0.265. The topological polar surface area (TPSA) is 76.0 Å². The number of fused-ring (bicyclic) bond motifs is 1. The molecular weight excluding hydrogens is 562 g/mol. The third kappa shape index (κ3) is 5.02. The van der Waals surface area contributed by atoms with Crippen molar-refractivity contribution in [3.05, 3.63) is 117 Å². The molecule has 0 fully saturated rings. The molecule has 6 nitrogen and oxygen atoms in total. The predicted octanol–water partition coefficient (Wildman–Crippen LogP) is 6.51. The van der Waals surface area contributed by atoms with Crippen molar-refractivity contribution in [3.63, 3.8) is 0 Å². The lowest BCUT2D eigenvalue weighted by Gasteiger charge is -2.20. The van der Waals surface area contributed by atoms with Gasteiger partial charge in [0.25, 0.3) is 11.8 Å². The van der Waals surface area contributed by atoms with Crippen molar-refractivity contribution in [2.24, 2.45) is 7.05 Å². The van der Waals surface area contributed by atoms with E-state index in [9.17, 15) is 31.5 Å². The largest absolute Gasteiger partial charge is 0.416 e. The SMILES string of the molecule is Cn1nccc1C(F)c1cc(NC(=O)c2cc(F)cc(C(F)(F)F)c2)c2c(c1)C(=O)NC2c1cc(F)ccc1Cl. The Balaban J connectivity index is 1.65. The van der Waals surface area contributed by atoms with E-state index >= 15 is 4.39 Å². The Morgan fingerprint density at radius 2 is 1.82 bits per heavy atom. The lowest BCUT2D eigenvalue weighted by Crippen LogP contribution is -2.21. The Hall–Kier alpha value is -4.32. The number of carbonyl (C=O) groups is 2. The molecule has 1 aliphatic rings. The van der Waals surface area contributed by atoms with Gasteiger partial charge in [0.1, 0.15) is 11.6 Å². The van der Waals surface area contributed by atoms with Crippen molar-refractivity contribution < 1.29 is 35.9 Å². The number of nitrogens with one attached hydrogen (secondary N) is 2. The molecule has 2 heterocycles. The first kappa shape index (κ1) is 27.3. The number of hydrogen-bond acceptors (Lipinski definition) is 3. The molecule has 13 heteroatoms. The minimum absolute atomic E-state index is 0.0686. The molecule has 0 saturated heterocycles. The standard InChI is InChI=1S/C27H17ClF6N4O2/c1-38-21(4-5-35-38)23(31)12-8-18-22(24(37-26(18)40)17-11-15(29)2-3-19(17)28)20(9-12)36-25(39)13-6-14(27(32,33)34)10-16(30)7-13/h2-11,23-24H,1H3,(H,36,39)(H,37,40). The van der Waals surface area contributed by atoms with Crippen LogP contribution in [0.25, 0.3) is 0 Å². The highest BCUT2D eigenvalue weighted by molar-refractivity contribution is 6.31. The number of halogens is 7. The Morgan fingerprint density at radius 1 is 1.07 bits per heavy atom. The molecule has 2 unspecified atom stereocenters. The van der Waals surface area contributed by atoms with Gasteiger partial charge in [-0.15, -0.1) is 0 Å². The first-order valence-corrected chi connectivity index (χ1v) is 12.0. The summed E-state index contributed by atoms with van der Waals surface area (Å²) in [5, 5.41) is 8.99. The van der Waals surface area contributed by atoms with Crippen LogP contribution in [0.4, 0.5) is 32.0 Å². The van der Waals surface area contributed by atoms with Gasteiger partial charge in [-0.3, -0.25) is 14.3 Å². The zero-order valence-electron chi connectivity index (χ0n) is 20.3. The summed E-state index contributed by atoms with van der Waals surface area (Å²) < 4.78 is 84.7. The summed E-state index contributed by atoms with van der Waals surface area (Å²) >= 11 is 6.27. The highest BCUT2D eigenvalue weighted by atomic mass is 35.5. The van der Waals surface area contributed by atoms with E-state index < -0.39 is 53.0 Å². The normalized spacial score (nSPS) is 15.5. The van der Waals surface area contributed by atoms with Crippen LogP contribution in [0.15, 0.2) is 60.8 Å². The third-order valence-electron chi connectivity index (χ3n) is 6.43. The van der Waals surface area contributed by atoms with Crippen LogP contribution in [0.2, 0.25) is 5.02 Å². The van der Waals surface area contributed by atoms with Gasteiger partial charge in [-0.05, 0) is 60.2 Å². The Morgan fingerprint density at radius 3 is 2.50 bits per heavy atom. The Kier molecular flexibility index (Phi) is 6.82. The van der Waals surface area contributed by atoms with Crippen LogP contribution in [0, 0.1) is 11.6 Å². The molecule has 40 heavy (non-hydrogen) atoms. The maximum absolute atomic E-state index is 15.6. The molecule has 2 N–H and O–H groups in total. The maximum Gasteiger partial charge on any atom is 0.416 e. The van der Waals surface area contributed by atoms with Gasteiger partial charge in [-0.2, -0.15) is 18.3 Å². The number of rotatable bonds is 5. The molecule has 4 aromatic rings. The van der Waals surface area contributed by atoms with Gasteiger partial charge in [-0.25, -0.2) is 13.2 Å². The van der Waals surface area contributed by atoms with Crippen molar-refractivity contribution in [1.29, 1.82) is 0 Å². The van der Waals surface area contributed by atoms with E-state index in [4.69, 9.17) is 11.6 Å². The van der Waals surface area contributed by atoms with Gasteiger partial charge in [0.05, 0.1) is 17.3 Å². The number of amides is 2. The molecule has 0 spiro atoms. The fraction of sp³-hybridized carbons (Fsp3) is 0.148. The molecule has 2 atom stereocenters. The second-order valence-electron chi connectivity index (χ2n) is 9.02. The maximum atomic E-state index is 15.6. The summed E-state index contributed by atoms with van der Waals surface area (Å²) in [4.78, 5) is 26.1. The molecule has 1 aliphatic heterocycles. The molecular formula is C27H17ClF6N4O2. The van der Waals surface area contributed by atoms with Crippen LogP contribution >= 0.6 is 11.6 Å². The first-order valence-electron chi connectivity index (χ1n) is 11.6. The molecule has 5 rings (SSSR count). The first-order chi connectivity index (χ1) is 18.8. The lowest BCUT2D eigenvalue weighted by molar-refractivity contribution is -0.137. The highest BCUT2D eigenvalue weighted by Gasteiger charge is 2.36. The summed E-state index contributed by atoms with van der Waals surface area (Å²) in [5.74, 6) is -3.84. The van der Waals surface area contributed by atoms with Crippen LogP contribution in [-0.4, -0.2) is 21.6 Å². The molecule has 2 amide bonds. The molecule has 0 aliphatic carbocycles. The number of benzene rings is 3. The van der Waals surface area contributed by atoms with Crippen molar-refractivity contribution >= 4 is 29.1 Å². The van der Waals surface area contributed by atoms with E-state index in [2.05, 4.69) is 15.7 Å².